The molecule has 0 radical (unpaired) electrons. The number of piperidine rings is 1. The van der Waals surface area contributed by atoms with Crippen molar-refractivity contribution in [3.05, 3.63) is 11.9 Å². The Hall–Kier alpha value is -1.68. The third kappa shape index (κ3) is 4.14. The van der Waals surface area contributed by atoms with Crippen LogP contribution < -0.4 is 11.3 Å². The SMILES string of the molecule is NNC(=O)c1cn(CCN2CCC(C(F)(F)F)CC2)nn1. The van der Waals surface area contributed by atoms with Gasteiger partial charge < -0.3 is 4.90 Å². The van der Waals surface area contributed by atoms with E-state index >= 15 is 0 Å². The van der Waals surface area contributed by atoms with Gasteiger partial charge >= 0.3 is 6.18 Å². The van der Waals surface area contributed by atoms with Crippen molar-refractivity contribution in [1.82, 2.24) is 25.3 Å². The maximum atomic E-state index is 12.5. The summed E-state index contributed by atoms with van der Waals surface area (Å²) in [6.45, 7) is 1.85. The second-order valence-corrected chi connectivity index (χ2v) is 5.00. The lowest BCUT2D eigenvalue weighted by molar-refractivity contribution is -0.185. The number of halogens is 3. The van der Waals surface area contributed by atoms with Crippen LogP contribution in [0.3, 0.4) is 0 Å². The van der Waals surface area contributed by atoms with Gasteiger partial charge in [0.15, 0.2) is 5.69 Å². The van der Waals surface area contributed by atoms with Gasteiger partial charge in [0.2, 0.25) is 0 Å². The number of nitrogen functional groups attached to an aromatic ring is 1. The maximum Gasteiger partial charge on any atom is 0.391 e. The number of hydrazine groups is 1. The highest BCUT2D eigenvalue weighted by Gasteiger charge is 2.40. The van der Waals surface area contributed by atoms with Crippen LogP contribution in [-0.2, 0) is 6.54 Å². The lowest BCUT2D eigenvalue weighted by Crippen LogP contribution is -2.40. The quantitative estimate of drug-likeness (QED) is 0.470. The van der Waals surface area contributed by atoms with E-state index in [9.17, 15) is 18.0 Å². The van der Waals surface area contributed by atoms with E-state index in [0.29, 0.717) is 26.2 Å². The van der Waals surface area contributed by atoms with Crippen molar-refractivity contribution >= 4 is 5.91 Å². The number of carbonyl (C=O) groups excluding carboxylic acids is 1. The summed E-state index contributed by atoms with van der Waals surface area (Å²) in [6.07, 6.45) is -2.39. The molecule has 0 saturated carbocycles. The number of rotatable bonds is 4. The molecule has 2 heterocycles. The molecule has 21 heavy (non-hydrogen) atoms. The van der Waals surface area contributed by atoms with Crippen LogP contribution in [-0.4, -0.2) is 51.6 Å². The Morgan fingerprint density at radius 1 is 1.38 bits per heavy atom. The summed E-state index contributed by atoms with van der Waals surface area (Å²) in [7, 11) is 0. The van der Waals surface area contributed by atoms with Gasteiger partial charge in [0.1, 0.15) is 0 Å². The fourth-order valence-corrected chi connectivity index (χ4v) is 2.31. The van der Waals surface area contributed by atoms with Gasteiger partial charge in [-0.25, -0.2) is 5.84 Å². The molecule has 0 atom stereocenters. The number of nitrogens with zero attached hydrogens (tertiary/aromatic N) is 4. The normalized spacial score (nSPS) is 17.9. The predicted molar refractivity (Wildman–Crippen MR) is 66.9 cm³/mol. The van der Waals surface area contributed by atoms with Crippen LogP contribution in [0, 0.1) is 5.92 Å². The van der Waals surface area contributed by atoms with Gasteiger partial charge in [-0.1, -0.05) is 5.21 Å². The molecular weight excluding hydrogens is 289 g/mol. The van der Waals surface area contributed by atoms with Crippen LogP contribution in [0.15, 0.2) is 6.20 Å². The molecule has 3 N–H and O–H groups in total. The van der Waals surface area contributed by atoms with Crippen molar-refractivity contribution in [1.29, 1.82) is 0 Å². The summed E-state index contributed by atoms with van der Waals surface area (Å²) in [6, 6.07) is 0. The number of aromatic nitrogens is 3. The molecule has 0 aromatic carbocycles. The van der Waals surface area contributed by atoms with Crippen LogP contribution in [0.2, 0.25) is 0 Å². The van der Waals surface area contributed by atoms with E-state index in [1.165, 1.54) is 10.9 Å². The Kier molecular flexibility index (Phi) is 4.78. The third-order valence-corrected chi connectivity index (χ3v) is 3.60. The van der Waals surface area contributed by atoms with Crippen molar-refractivity contribution < 1.29 is 18.0 Å². The van der Waals surface area contributed by atoms with Crippen molar-refractivity contribution in [2.45, 2.75) is 25.6 Å². The number of likely N-dealkylation sites (tertiary alicyclic amines) is 1. The zero-order valence-electron chi connectivity index (χ0n) is 11.3. The number of amides is 1. The molecule has 2 rings (SSSR count). The number of hydrogen-bond donors (Lipinski definition) is 2. The lowest BCUT2D eigenvalue weighted by Gasteiger charge is -2.32. The van der Waals surface area contributed by atoms with E-state index in [1.54, 1.807) is 0 Å². The fraction of sp³-hybridized carbons (Fsp3) is 0.727. The summed E-state index contributed by atoms with van der Waals surface area (Å²) in [5.74, 6) is 3.25. The Morgan fingerprint density at radius 2 is 2.05 bits per heavy atom. The molecule has 1 fully saturated rings. The Labute approximate surface area is 119 Å². The second-order valence-electron chi connectivity index (χ2n) is 5.00. The van der Waals surface area contributed by atoms with E-state index in [1.807, 2.05) is 10.3 Å². The minimum absolute atomic E-state index is 0.105. The molecule has 0 aliphatic carbocycles. The van der Waals surface area contributed by atoms with E-state index in [2.05, 4.69) is 10.3 Å². The number of alkyl halides is 3. The second kappa shape index (κ2) is 6.39. The average molecular weight is 306 g/mol. The van der Waals surface area contributed by atoms with Crippen LogP contribution in [0.1, 0.15) is 23.3 Å². The molecule has 0 bridgehead atoms. The zero-order valence-corrected chi connectivity index (χ0v) is 11.3. The molecule has 10 heteroatoms. The highest BCUT2D eigenvalue weighted by Crippen LogP contribution is 2.33. The van der Waals surface area contributed by atoms with Crippen LogP contribution in [0.25, 0.3) is 0 Å². The van der Waals surface area contributed by atoms with Crippen LogP contribution >= 0.6 is 0 Å². The first kappa shape index (κ1) is 15.7. The van der Waals surface area contributed by atoms with Gasteiger partial charge in [-0.3, -0.25) is 14.9 Å². The van der Waals surface area contributed by atoms with Crippen LogP contribution in [0.4, 0.5) is 13.2 Å². The van der Waals surface area contributed by atoms with Gasteiger partial charge in [-0.2, -0.15) is 13.2 Å². The van der Waals surface area contributed by atoms with Crippen LogP contribution in [0.5, 0.6) is 0 Å². The van der Waals surface area contributed by atoms with E-state index in [4.69, 9.17) is 5.84 Å². The molecule has 1 aliphatic heterocycles. The number of carbonyl (C=O) groups is 1. The van der Waals surface area contributed by atoms with Gasteiger partial charge in [0, 0.05) is 6.54 Å². The monoisotopic (exact) mass is 306 g/mol. The molecule has 1 aromatic heterocycles. The molecule has 7 nitrogen and oxygen atoms in total. The van der Waals surface area contributed by atoms with Gasteiger partial charge in [0.25, 0.3) is 5.91 Å². The highest BCUT2D eigenvalue weighted by atomic mass is 19.4. The largest absolute Gasteiger partial charge is 0.391 e. The molecule has 0 unspecified atom stereocenters. The van der Waals surface area contributed by atoms with E-state index in [-0.39, 0.29) is 18.5 Å². The first-order chi connectivity index (χ1) is 9.90. The number of nitrogens with one attached hydrogen (secondary N) is 1. The molecule has 1 saturated heterocycles. The third-order valence-electron chi connectivity index (χ3n) is 3.60. The summed E-state index contributed by atoms with van der Waals surface area (Å²) in [4.78, 5) is 13.1. The lowest BCUT2D eigenvalue weighted by atomic mass is 9.96. The fourth-order valence-electron chi connectivity index (χ4n) is 2.31. The average Bonchev–Trinajstić information content (AvgIpc) is 2.92. The molecule has 0 spiro atoms. The molecule has 118 valence electrons. The zero-order chi connectivity index (χ0) is 15.5. The Balaban J connectivity index is 1.77. The smallest absolute Gasteiger partial charge is 0.301 e. The highest BCUT2D eigenvalue weighted by molar-refractivity contribution is 5.91. The number of hydrogen-bond acceptors (Lipinski definition) is 5. The van der Waals surface area contributed by atoms with Gasteiger partial charge in [-0.05, 0) is 25.9 Å². The predicted octanol–water partition coefficient (Wildman–Crippen LogP) is 0.156. The standard InChI is InChI=1S/C11H17F3N6O/c12-11(13,14)8-1-3-19(4-2-8)5-6-20-7-9(17-18-20)10(21)16-15/h7-8H,1-6,15H2,(H,16,21). The van der Waals surface area contributed by atoms with Gasteiger partial charge in [-0.15, -0.1) is 5.10 Å². The molecule has 1 aliphatic rings. The maximum absolute atomic E-state index is 12.5. The molecular formula is C11H17F3N6O. The van der Waals surface area contributed by atoms with E-state index in [0.717, 1.165) is 0 Å². The first-order valence-corrected chi connectivity index (χ1v) is 6.60. The molecule has 1 amide bonds. The van der Waals surface area contributed by atoms with Crippen molar-refractivity contribution in [3.63, 3.8) is 0 Å². The Morgan fingerprint density at radius 3 is 2.62 bits per heavy atom. The minimum Gasteiger partial charge on any atom is -0.301 e. The summed E-state index contributed by atoms with van der Waals surface area (Å²) < 4.78 is 39.1. The molecule has 1 aromatic rings. The minimum atomic E-state index is -4.09. The van der Waals surface area contributed by atoms with Gasteiger partial charge in [0.05, 0.1) is 18.7 Å². The first-order valence-electron chi connectivity index (χ1n) is 6.60. The van der Waals surface area contributed by atoms with Crippen molar-refractivity contribution in [2.75, 3.05) is 19.6 Å². The topological polar surface area (TPSA) is 89.1 Å². The van der Waals surface area contributed by atoms with Crippen molar-refractivity contribution in [3.8, 4) is 0 Å². The Bertz CT molecular complexity index is 481. The number of nitrogens with two attached hydrogens (primary N) is 1. The summed E-state index contributed by atoms with van der Waals surface area (Å²) in [5, 5.41) is 7.42. The van der Waals surface area contributed by atoms with Crippen molar-refractivity contribution in [2.24, 2.45) is 11.8 Å². The summed E-state index contributed by atoms with van der Waals surface area (Å²) >= 11 is 0. The summed E-state index contributed by atoms with van der Waals surface area (Å²) in [5.41, 5.74) is 2.05. The van der Waals surface area contributed by atoms with E-state index < -0.39 is 18.0 Å².